The zero-order valence-electron chi connectivity index (χ0n) is 18.4. The van der Waals surface area contributed by atoms with Gasteiger partial charge in [0.15, 0.2) is 0 Å². The maximum atomic E-state index is 2.49. The van der Waals surface area contributed by atoms with Crippen LogP contribution in [0, 0.1) is 5.92 Å². The molecule has 0 aliphatic heterocycles. The lowest BCUT2D eigenvalue weighted by Gasteiger charge is -2.26. The van der Waals surface area contributed by atoms with Gasteiger partial charge in [-0.15, -0.1) is 0 Å². The van der Waals surface area contributed by atoms with E-state index in [2.05, 4.69) is 107 Å². The molecule has 3 aromatic rings. The van der Waals surface area contributed by atoms with Gasteiger partial charge >= 0.3 is 0 Å². The molecule has 4 rings (SSSR count). The molecule has 0 atom stereocenters. The molecule has 0 aromatic heterocycles. The van der Waals surface area contributed by atoms with Crippen LogP contribution in [0.15, 0.2) is 72.3 Å². The van der Waals surface area contributed by atoms with Crippen molar-refractivity contribution < 1.29 is 0 Å². The molecule has 0 fully saturated rings. The van der Waals surface area contributed by atoms with Gasteiger partial charge in [0, 0.05) is 0 Å². The summed E-state index contributed by atoms with van der Waals surface area (Å²) in [5, 5.41) is 0. The average molecular weight is 381 g/mol. The fourth-order valence-electron chi connectivity index (χ4n) is 4.62. The maximum absolute atomic E-state index is 2.49. The molecule has 0 radical (unpaired) electrons. The minimum Gasteiger partial charge on any atom is -0.0649 e. The molecule has 0 bridgehead atoms. The minimum absolute atomic E-state index is 0.0861. The first kappa shape index (κ1) is 19.7. The molecule has 0 nitrogen and oxygen atoms in total. The molecule has 0 saturated carbocycles. The molecule has 0 N–H and O–H groups in total. The zero-order chi connectivity index (χ0) is 20.6. The predicted octanol–water partition coefficient (Wildman–Crippen LogP) is 8.30. The highest BCUT2D eigenvalue weighted by molar-refractivity contribution is 5.91. The van der Waals surface area contributed by atoms with Gasteiger partial charge in [-0.05, 0) is 63.1 Å². The van der Waals surface area contributed by atoms with E-state index in [-0.39, 0.29) is 5.41 Å². The smallest absolute Gasteiger partial charge is 0.00575 e. The summed E-state index contributed by atoms with van der Waals surface area (Å²) in [5.41, 5.74) is 11.4. The molecular formula is C29H32. The summed E-state index contributed by atoms with van der Waals surface area (Å²) in [7, 11) is 0. The molecule has 0 amide bonds. The van der Waals surface area contributed by atoms with E-state index in [1.807, 2.05) is 0 Å². The summed E-state index contributed by atoms with van der Waals surface area (Å²) in [6.45, 7) is 11.6. The third kappa shape index (κ3) is 3.94. The Morgan fingerprint density at radius 3 is 2.10 bits per heavy atom. The van der Waals surface area contributed by atoms with Crippen LogP contribution in [0.4, 0.5) is 0 Å². The van der Waals surface area contributed by atoms with Gasteiger partial charge in [0.05, 0.1) is 0 Å². The standard InChI is InChI=1S/C29H32/c1-20(2)17-21-18-23-15-16-27(29(3,4)5)28(26(23)19-21)25-14-10-9-13-24(25)22-11-7-6-8-12-22/h6-16,19-20H,17-18H2,1-5H3. The number of hydrogen-bond acceptors (Lipinski definition) is 0. The zero-order valence-corrected chi connectivity index (χ0v) is 18.4. The van der Waals surface area contributed by atoms with Crippen LogP contribution in [0.5, 0.6) is 0 Å². The van der Waals surface area contributed by atoms with Gasteiger partial charge in [0.1, 0.15) is 0 Å². The minimum atomic E-state index is 0.0861. The van der Waals surface area contributed by atoms with Crippen LogP contribution in [-0.2, 0) is 11.8 Å². The van der Waals surface area contributed by atoms with Crippen LogP contribution < -0.4 is 0 Å². The predicted molar refractivity (Wildman–Crippen MR) is 127 cm³/mol. The summed E-state index contributed by atoms with van der Waals surface area (Å²) in [6.07, 6.45) is 4.76. The van der Waals surface area contributed by atoms with Gasteiger partial charge in [-0.2, -0.15) is 0 Å². The Bertz CT molecular complexity index is 1040. The molecule has 148 valence electrons. The SMILES string of the molecule is CC(C)CC1=Cc2c(ccc(C(C)(C)C)c2-c2ccccc2-c2ccccc2)C1. The number of hydrogen-bond donors (Lipinski definition) is 0. The lowest BCUT2D eigenvalue weighted by molar-refractivity contribution is 0.591. The van der Waals surface area contributed by atoms with Gasteiger partial charge in [-0.25, -0.2) is 0 Å². The van der Waals surface area contributed by atoms with Gasteiger partial charge in [0.2, 0.25) is 0 Å². The van der Waals surface area contributed by atoms with Crippen molar-refractivity contribution in [2.75, 3.05) is 0 Å². The van der Waals surface area contributed by atoms with Gasteiger partial charge < -0.3 is 0 Å². The summed E-state index contributed by atoms with van der Waals surface area (Å²) in [5.74, 6) is 0.692. The topological polar surface area (TPSA) is 0 Å². The maximum Gasteiger partial charge on any atom is -0.00575 e. The molecule has 0 heterocycles. The Morgan fingerprint density at radius 1 is 0.793 bits per heavy atom. The Balaban J connectivity index is 1.98. The van der Waals surface area contributed by atoms with E-state index in [1.165, 1.54) is 45.4 Å². The molecule has 3 aromatic carbocycles. The molecule has 1 aliphatic rings. The number of fused-ring (bicyclic) bond motifs is 1. The highest BCUT2D eigenvalue weighted by atomic mass is 14.3. The van der Waals surface area contributed by atoms with Gasteiger partial charge in [-0.1, -0.05) is 113 Å². The van der Waals surface area contributed by atoms with Crippen molar-refractivity contribution in [2.24, 2.45) is 5.92 Å². The Kier molecular flexibility index (Phi) is 5.21. The summed E-state index contributed by atoms with van der Waals surface area (Å²) in [6, 6.07) is 24.5. The van der Waals surface area contributed by atoms with Crippen molar-refractivity contribution >= 4 is 6.08 Å². The third-order valence-corrected chi connectivity index (χ3v) is 5.86. The molecule has 0 unspecified atom stereocenters. The van der Waals surface area contributed by atoms with Crippen LogP contribution >= 0.6 is 0 Å². The fourth-order valence-corrected chi connectivity index (χ4v) is 4.62. The first-order chi connectivity index (χ1) is 13.8. The van der Waals surface area contributed by atoms with Crippen molar-refractivity contribution in [2.45, 2.75) is 52.9 Å². The molecule has 29 heavy (non-hydrogen) atoms. The summed E-state index contributed by atoms with van der Waals surface area (Å²) < 4.78 is 0. The number of benzene rings is 3. The first-order valence-corrected chi connectivity index (χ1v) is 10.8. The Morgan fingerprint density at radius 2 is 1.45 bits per heavy atom. The average Bonchev–Trinajstić information content (AvgIpc) is 3.09. The lowest BCUT2D eigenvalue weighted by atomic mass is 9.78. The van der Waals surface area contributed by atoms with Crippen LogP contribution in [0.25, 0.3) is 28.3 Å². The van der Waals surface area contributed by atoms with E-state index in [9.17, 15) is 0 Å². The van der Waals surface area contributed by atoms with Gasteiger partial charge in [-0.3, -0.25) is 0 Å². The molecule has 0 heteroatoms. The second-order valence-corrected chi connectivity index (χ2v) is 9.80. The van der Waals surface area contributed by atoms with Crippen LogP contribution in [-0.4, -0.2) is 0 Å². The second-order valence-electron chi connectivity index (χ2n) is 9.80. The molecule has 0 spiro atoms. The molecular weight excluding hydrogens is 348 g/mol. The quantitative estimate of drug-likeness (QED) is 0.427. The van der Waals surface area contributed by atoms with Crippen molar-refractivity contribution in [3.8, 4) is 22.3 Å². The summed E-state index contributed by atoms with van der Waals surface area (Å²) >= 11 is 0. The van der Waals surface area contributed by atoms with Crippen LogP contribution in [0.2, 0.25) is 0 Å². The van der Waals surface area contributed by atoms with Crippen LogP contribution in [0.3, 0.4) is 0 Å². The van der Waals surface area contributed by atoms with Crippen molar-refractivity contribution in [3.63, 3.8) is 0 Å². The highest BCUT2D eigenvalue weighted by Gasteiger charge is 2.26. The molecule has 0 saturated heterocycles. The summed E-state index contributed by atoms with van der Waals surface area (Å²) in [4.78, 5) is 0. The second kappa shape index (κ2) is 7.67. The lowest BCUT2D eigenvalue weighted by Crippen LogP contribution is -2.14. The van der Waals surface area contributed by atoms with E-state index in [1.54, 1.807) is 5.57 Å². The van der Waals surface area contributed by atoms with Crippen LogP contribution in [0.1, 0.15) is 57.7 Å². The van der Waals surface area contributed by atoms with E-state index < -0.39 is 0 Å². The highest BCUT2D eigenvalue weighted by Crippen LogP contribution is 2.44. The van der Waals surface area contributed by atoms with Crippen molar-refractivity contribution in [3.05, 3.63) is 89.0 Å². The van der Waals surface area contributed by atoms with E-state index in [0.717, 1.165) is 6.42 Å². The number of allylic oxidation sites excluding steroid dienone is 1. The Hall–Kier alpha value is -2.60. The molecule has 1 aliphatic carbocycles. The van der Waals surface area contributed by atoms with Crippen molar-refractivity contribution in [1.29, 1.82) is 0 Å². The van der Waals surface area contributed by atoms with E-state index >= 15 is 0 Å². The first-order valence-electron chi connectivity index (χ1n) is 10.8. The number of rotatable bonds is 4. The van der Waals surface area contributed by atoms with E-state index in [4.69, 9.17) is 0 Å². The normalized spacial score (nSPS) is 13.5. The van der Waals surface area contributed by atoms with E-state index in [0.29, 0.717) is 5.92 Å². The van der Waals surface area contributed by atoms with Gasteiger partial charge in [0.25, 0.3) is 0 Å². The monoisotopic (exact) mass is 380 g/mol. The fraction of sp³-hybridized carbons (Fsp3) is 0.310. The largest absolute Gasteiger partial charge is 0.0649 e. The Labute approximate surface area is 176 Å². The van der Waals surface area contributed by atoms with Crippen molar-refractivity contribution in [1.82, 2.24) is 0 Å². The third-order valence-electron chi connectivity index (χ3n) is 5.86.